The van der Waals surface area contributed by atoms with E-state index in [4.69, 9.17) is 8.83 Å². The van der Waals surface area contributed by atoms with Gasteiger partial charge in [0.25, 0.3) is 0 Å². The first-order valence-electron chi connectivity index (χ1n) is 17.8. The predicted octanol–water partition coefficient (Wildman–Crippen LogP) is 14.6. The molecule has 0 atom stereocenters. The van der Waals surface area contributed by atoms with E-state index in [0.29, 0.717) is 0 Å². The quantitative estimate of drug-likeness (QED) is 0.136. The lowest BCUT2D eigenvalue weighted by Gasteiger charge is -2.20. The van der Waals surface area contributed by atoms with Crippen LogP contribution in [0.25, 0.3) is 120 Å². The number of rotatable bonds is 2. The molecular weight excluding hydrogens is 633 g/mol. The second-order valence-corrected chi connectivity index (χ2v) is 13.9. The molecule has 0 spiro atoms. The van der Waals surface area contributed by atoms with Gasteiger partial charge in [0.1, 0.15) is 11.2 Å². The predicted molar refractivity (Wildman–Crippen MR) is 219 cm³/mol. The van der Waals surface area contributed by atoms with Crippen molar-refractivity contribution in [3.05, 3.63) is 170 Å². The zero-order valence-corrected chi connectivity index (χ0v) is 28.0. The van der Waals surface area contributed by atoms with Crippen LogP contribution < -0.4 is 0 Å². The van der Waals surface area contributed by atoms with Gasteiger partial charge in [0.2, 0.25) is 0 Å². The van der Waals surface area contributed by atoms with Crippen molar-refractivity contribution in [3.63, 3.8) is 0 Å². The van der Waals surface area contributed by atoms with E-state index in [1.54, 1.807) is 0 Å². The van der Waals surface area contributed by atoms with Crippen LogP contribution >= 0.6 is 0 Å². The molecule has 2 heteroatoms. The molecule has 0 aliphatic heterocycles. The summed E-state index contributed by atoms with van der Waals surface area (Å²) in [4.78, 5) is 0. The molecule has 0 radical (unpaired) electrons. The van der Waals surface area contributed by atoms with Crippen LogP contribution in [0.3, 0.4) is 0 Å². The Hall–Kier alpha value is -6.90. The molecule has 2 heterocycles. The van der Waals surface area contributed by atoms with Crippen LogP contribution in [-0.4, -0.2) is 0 Å². The van der Waals surface area contributed by atoms with Crippen molar-refractivity contribution in [2.75, 3.05) is 0 Å². The van der Waals surface area contributed by atoms with Crippen LogP contribution in [0, 0.1) is 0 Å². The average Bonchev–Trinajstić information content (AvgIpc) is 3.78. The Labute approximate surface area is 297 Å². The molecule has 0 fully saturated rings. The Morgan fingerprint density at radius 3 is 1.52 bits per heavy atom. The highest BCUT2D eigenvalue weighted by Gasteiger charge is 2.21. The van der Waals surface area contributed by atoms with Crippen molar-refractivity contribution in [3.8, 4) is 22.3 Å². The fourth-order valence-corrected chi connectivity index (χ4v) is 8.99. The summed E-state index contributed by atoms with van der Waals surface area (Å²) in [7, 11) is 0. The number of furan rings is 2. The van der Waals surface area contributed by atoms with Crippen LogP contribution in [0.5, 0.6) is 0 Å². The van der Waals surface area contributed by atoms with Crippen LogP contribution in [-0.2, 0) is 0 Å². The molecule has 0 N–H and O–H groups in total. The third-order valence-electron chi connectivity index (χ3n) is 11.2. The summed E-state index contributed by atoms with van der Waals surface area (Å²) in [5, 5.41) is 16.9. The lowest BCUT2D eigenvalue weighted by Crippen LogP contribution is -1.92. The fraction of sp³-hybridized carbons (Fsp3) is 0. The number of hydrogen-bond acceptors (Lipinski definition) is 2. The van der Waals surface area contributed by atoms with Gasteiger partial charge in [0, 0.05) is 21.5 Å². The molecule has 0 bridgehead atoms. The van der Waals surface area contributed by atoms with Gasteiger partial charge in [-0.05, 0) is 113 Å². The summed E-state index contributed by atoms with van der Waals surface area (Å²) in [5.74, 6) is 0. The van der Waals surface area contributed by atoms with Crippen LogP contribution in [0.1, 0.15) is 0 Å². The van der Waals surface area contributed by atoms with Gasteiger partial charge in [-0.15, -0.1) is 0 Å². The van der Waals surface area contributed by atoms with Gasteiger partial charge in [-0.25, -0.2) is 0 Å². The van der Waals surface area contributed by atoms with Crippen molar-refractivity contribution in [1.82, 2.24) is 0 Å². The molecule has 12 aromatic rings. The second kappa shape index (κ2) is 10.3. The van der Waals surface area contributed by atoms with E-state index >= 15 is 0 Å². The Balaban J connectivity index is 1.16. The molecular formula is C50H28O2. The lowest BCUT2D eigenvalue weighted by molar-refractivity contribution is 0.633. The molecule has 0 saturated carbocycles. The highest BCUT2D eigenvalue weighted by Crippen LogP contribution is 2.48. The summed E-state index contributed by atoms with van der Waals surface area (Å²) in [6.45, 7) is 0. The molecule has 2 aromatic heterocycles. The topological polar surface area (TPSA) is 26.3 Å². The molecule has 0 unspecified atom stereocenters. The molecule has 0 amide bonds. The summed E-state index contributed by atoms with van der Waals surface area (Å²) in [6, 6.07) is 61.6. The van der Waals surface area contributed by atoms with Crippen molar-refractivity contribution in [2.45, 2.75) is 0 Å². The van der Waals surface area contributed by atoms with Crippen molar-refractivity contribution in [2.24, 2.45) is 0 Å². The van der Waals surface area contributed by atoms with Gasteiger partial charge in [-0.1, -0.05) is 133 Å². The molecule has 0 saturated heterocycles. The maximum Gasteiger partial charge on any atom is 0.178 e. The van der Waals surface area contributed by atoms with E-state index < -0.39 is 0 Å². The number of para-hydroxylation sites is 1. The minimum absolute atomic E-state index is 0.793. The first-order chi connectivity index (χ1) is 25.8. The summed E-state index contributed by atoms with van der Waals surface area (Å²) in [5.41, 5.74) is 8.23. The summed E-state index contributed by atoms with van der Waals surface area (Å²) >= 11 is 0. The number of benzene rings is 10. The maximum absolute atomic E-state index is 6.55. The van der Waals surface area contributed by atoms with E-state index in [1.165, 1.54) is 70.6 Å². The fourth-order valence-electron chi connectivity index (χ4n) is 8.99. The molecule has 10 aromatic carbocycles. The van der Waals surface area contributed by atoms with Gasteiger partial charge >= 0.3 is 0 Å². The van der Waals surface area contributed by atoms with E-state index in [1.807, 2.05) is 12.1 Å². The highest BCUT2D eigenvalue weighted by molar-refractivity contribution is 6.29. The smallest absolute Gasteiger partial charge is 0.178 e. The third-order valence-corrected chi connectivity index (χ3v) is 11.2. The zero-order valence-electron chi connectivity index (χ0n) is 28.0. The highest BCUT2D eigenvalue weighted by atomic mass is 16.4. The summed E-state index contributed by atoms with van der Waals surface area (Å²) < 4.78 is 12.9. The third kappa shape index (κ3) is 3.73. The standard InChI is InChI=1S/C50H28O2/c1-2-12-32-29(11-1)21-22-30-28-43(33-13-3-4-15-35(33)46(30)32)48-38-18-7-5-16-36(38)47(37-17-6-8-19-39(37)48)31-23-26-45-42(27-31)41-25-24-40-34-14-9-10-20-44(34)51-49(40)50(41)52-45/h1-28H. The van der Waals surface area contributed by atoms with E-state index in [9.17, 15) is 0 Å². The second-order valence-electron chi connectivity index (χ2n) is 13.9. The van der Waals surface area contributed by atoms with Crippen LogP contribution in [0.4, 0.5) is 0 Å². The van der Waals surface area contributed by atoms with Crippen LogP contribution in [0.15, 0.2) is 179 Å². The lowest BCUT2D eigenvalue weighted by atomic mass is 9.83. The molecule has 240 valence electrons. The molecule has 12 rings (SSSR count). The monoisotopic (exact) mass is 660 g/mol. The first kappa shape index (κ1) is 27.9. The largest absolute Gasteiger partial charge is 0.452 e. The van der Waals surface area contributed by atoms with E-state index in [2.05, 4.69) is 158 Å². The molecule has 0 aliphatic rings. The molecule has 0 aliphatic carbocycles. The number of hydrogen-bond donors (Lipinski definition) is 0. The van der Waals surface area contributed by atoms with Crippen molar-refractivity contribution in [1.29, 1.82) is 0 Å². The van der Waals surface area contributed by atoms with Gasteiger partial charge < -0.3 is 8.83 Å². The number of fused-ring (bicyclic) bond motifs is 14. The van der Waals surface area contributed by atoms with Gasteiger partial charge in [-0.2, -0.15) is 0 Å². The SMILES string of the molecule is c1ccc2c(c1)ccc1cc(-c3c4ccccc4c(-c4ccc5oc6c(ccc7c8ccccc8oc76)c5c4)c4ccccc34)c3ccccc3c12. The zero-order chi connectivity index (χ0) is 33.9. The van der Waals surface area contributed by atoms with Crippen molar-refractivity contribution >= 4 is 97.7 Å². The summed E-state index contributed by atoms with van der Waals surface area (Å²) in [6.07, 6.45) is 0. The molecule has 2 nitrogen and oxygen atoms in total. The van der Waals surface area contributed by atoms with Crippen molar-refractivity contribution < 1.29 is 8.83 Å². The Morgan fingerprint density at radius 2 is 0.808 bits per heavy atom. The molecule has 52 heavy (non-hydrogen) atoms. The average molecular weight is 661 g/mol. The van der Waals surface area contributed by atoms with Gasteiger partial charge in [0.15, 0.2) is 11.2 Å². The van der Waals surface area contributed by atoms with E-state index in [0.717, 1.165) is 49.4 Å². The van der Waals surface area contributed by atoms with Gasteiger partial charge in [-0.3, -0.25) is 0 Å². The van der Waals surface area contributed by atoms with E-state index in [-0.39, 0.29) is 0 Å². The minimum Gasteiger partial charge on any atom is -0.452 e. The van der Waals surface area contributed by atoms with Gasteiger partial charge in [0.05, 0.1) is 0 Å². The normalized spacial score (nSPS) is 12.2. The Kier molecular flexibility index (Phi) is 5.53. The Bertz CT molecular complexity index is 3410. The Morgan fingerprint density at radius 1 is 0.288 bits per heavy atom. The first-order valence-corrected chi connectivity index (χ1v) is 17.8. The maximum atomic E-state index is 6.55. The van der Waals surface area contributed by atoms with Crippen LogP contribution in [0.2, 0.25) is 0 Å². The minimum atomic E-state index is 0.793.